The van der Waals surface area contributed by atoms with Gasteiger partial charge in [0, 0.05) is 30.8 Å². The van der Waals surface area contributed by atoms with Crippen molar-refractivity contribution in [2.75, 3.05) is 25.1 Å². The van der Waals surface area contributed by atoms with Crippen LogP contribution in [0.25, 0.3) is 0 Å². The molecule has 1 unspecified atom stereocenters. The maximum Gasteiger partial charge on any atom is 0.198 e. The van der Waals surface area contributed by atoms with Crippen LogP contribution < -0.4 is 0 Å². The quantitative estimate of drug-likeness (QED) is 0.763. The predicted octanol–water partition coefficient (Wildman–Crippen LogP) is 1.52. The summed E-state index contributed by atoms with van der Waals surface area (Å²) in [5.74, 6) is 2.23. The molecule has 0 amide bonds. The van der Waals surface area contributed by atoms with Crippen molar-refractivity contribution in [3.63, 3.8) is 0 Å². The summed E-state index contributed by atoms with van der Waals surface area (Å²) in [7, 11) is 2.03. The van der Waals surface area contributed by atoms with E-state index in [-0.39, 0.29) is 11.8 Å². The highest BCUT2D eigenvalue weighted by Gasteiger charge is 2.28. The van der Waals surface area contributed by atoms with Crippen molar-refractivity contribution in [3.8, 4) is 0 Å². The van der Waals surface area contributed by atoms with Crippen LogP contribution in [0.15, 0.2) is 12.3 Å². The molecule has 2 heterocycles. The van der Waals surface area contributed by atoms with Crippen LogP contribution in [0.1, 0.15) is 23.8 Å². The molecule has 1 saturated heterocycles. The maximum atomic E-state index is 12.5. The fourth-order valence-electron chi connectivity index (χ4n) is 2.07. The summed E-state index contributed by atoms with van der Waals surface area (Å²) in [4.78, 5) is 14.6. The Morgan fingerprint density at radius 3 is 3.18 bits per heavy atom. The van der Waals surface area contributed by atoms with E-state index in [9.17, 15) is 4.79 Å². The first-order chi connectivity index (χ1) is 8.24. The molecule has 1 aromatic heterocycles. The van der Waals surface area contributed by atoms with Gasteiger partial charge in [-0.2, -0.15) is 16.9 Å². The molecule has 0 aromatic carbocycles. The van der Waals surface area contributed by atoms with E-state index in [1.54, 1.807) is 6.20 Å². The van der Waals surface area contributed by atoms with Gasteiger partial charge in [0.15, 0.2) is 5.78 Å². The van der Waals surface area contributed by atoms with Crippen LogP contribution in [0.2, 0.25) is 0 Å². The lowest BCUT2D eigenvalue weighted by Crippen LogP contribution is -2.45. The summed E-state index contributed by atoms with van der Waals surface area (Å²) in [5.41, 5.74) is 0.756. The summed E-state index contributed by atoms with van der Waals surface area (Å²) >= 11 is 1.86. The second-order valence-corrected chi connectivity index (χ2v) is 5.52. The number of carbonyl (C=O) groups is 1. The lowest BCUT2D eigenvalue weighted by molar-refractivity contribution is 0.0863. The van der Waals surface area contributed by atoms with Crippen LogP contribution in [0, 0.1) is 0 Å². The standard InChI is InChI=1S/C12H19N3OS/c1-3-6-15-10(4-5-13-15)12(16)11-9-17-8-7-14(11)2/h4-5,11H,3,6-9H2,1-2H3. The van der Waals surface area contributed by atoms with Gasteiger partial charge in [0.2, 0.25) is 0 Å². The summed E-state index contributed by atoms with van der Waals surface area (Å²) in [6.45, 7) is 3.90. The number of aryl methyl sites for hydroxylation is 1. The smallest absolute Gasteiger partial charge is 0.198 e. The third-order valence-corrected chi connectivity index (χ3v) is 4.13. The Bertz CT molecular complexity index is 391. The molecule has 0 spiro atoms. The van der Waals surface area contributed by atoms with Crippen LogP contribution in [0.3, 0.4) is 0 Å². The fourth-order valence-corrected chi connectivity index (χ4v) is 3.28. The van der Waals surface area contributed by atoms with Crippen LogP contribution in [-0.4, -0.2) is 51.6 Å². The average Bonchev–Trinajstić information content (AvgIpc) is 2.78. The molecule has 94 valence electrons. The molecule has 4 nitrogen and oxygen atoms in total. The Labute approximate surface area is 106 Å². The Kier molecular flexibility index (Phi) is 4.23. The molecule has 1 atom stereocenters. The number of thioether (sulfide) groups is 1. The van der Waals surface area contributed by atoms with E-state index in [1.807, 2.05) is 29.6 Å². The molecular weight excluding hydrogens is 234 g/mol. The van der Waals surface area contributed by atoms with E-state index in [1.165, 1.54) is 0 Å². The second kappa shape index (κ2) is 5.69. The third kappa shape index (κ3) is 2.72. The molecule has 17 heavy (non-hydrogen) atoms. The van der Waals surface area contributed by atoms with Crippen molar-refractivity contribution in [2.24, 2.45) is 0 Å². The third-order valence-electron chi connectivity index (χ3n) is 3.10. The van der Waals surface area contributed by atoms with Crippen molar-refractivity contribution >= 4 is 17.5 Å². The minimum atomic E-state index is 0.0149. The summed E-state index contributed by atoms with van der Waals surface area (Å²) in [6.07, 6.45) is 2.72. The van der Waals surface area contributed by atoms with Crippen molar-refractivity contribution in [1.82, 2.24) is 14.7 Å². The first kappa shape index (κ1) is 12.6. The number of likely N-dealkylation sites (N-methyl/N-ethyl adjacent to an activating group) is 1. The lowest BCUT2D eigenvalue weighted by atomic mass is 10.1. The zero-order valence-electron chi connectivity index (χ0n) is 10.4. The number of aromatic nitrogens is 2. The fraction of sp³-hybridized carbons (Fsp3) is 0.667. The van der Waals surface area contributed by atoms with E-state index >= 15 is 0 Å². The van der Waals surface area contributed by atoms with E-state index in [0.717, 1.165) is 36.7 Å². The number of hydrogen-bond donors (Lipinski definition) is 0. The topological polar surface area (TPSA) is 38.1 Å². The molecule has 0 bridgehead atoms. The largest absolute Gasteiger partial charge is 0.295 e. The van der Waals surface area contributed by atoms with E-state index < -0.39 is 0 Å². The van der Waals surface area contributed by atoms with E-state index in [4.69, 9.17) is 0 Å². The van der Waals surface area contributed by atoms with Gasteiger partial charge < -0.3 is 0 Å². The number of hydrogen-bond acceptors (Lipinski definition) is 4. The van der Waals surface area contributed by atoms with Crippen LogP contribution in [0.4, 0.5) is 0 Å². The highest BCUT2D eigenvalue weighted by Crippen LogP contribution is 2.18. The molecule has 1 aliphatic heterocycles. The normalized spacial score (nSPS) is 21.6. The minimum absolute atomic E-state index is 0.0149. The number of nitrogens with zero attached hydrogens (tertiary/aromatic N) is 3. The van der Waals surface area contributed by atoms with Crippen LogP contribution >= 0.6 is 11.8 Å². The summed E-state index contributed by atoms with van der Waals surface area (Å²) in [5, 5.41) is 4.22. The highest BCUT2D eigenvalue weighted by molar-refractivity contribution is 7.99. The number of carbonyl (C=O) groups excluding carboxylic acids is 1. The van der Waals surface area contributed by atoms with E-state index in [0.29, 0.717) is 0 Å². The van der Waals surface area contributed by atoms with Crippen molar-refractivity contribution in [1.29, 1.82) is 0 Å². The van der Waals surface area contributed by atoms with E-state index in [2.05, 4.69) is 16.9 Å². The Morgan fingerprint density at radius 2 is 2.47 bits per heavy atom. The van der Waals surface area contributed by atoms with Gasteiger partial charge in [-0.3, -0.25) is 14.4 Å². The van der Waals surface area contributed by atoms with Gasteiger partial charge in [-0.25, -0.2) is 0 Å². The average molecular weight is 253 g/mol. The predicted molar refractivity (Wildman–Crippen MR) is 70.6 cm³/mol. The van der Waals surface area contributed by atoms with Gasteiger partial charge in [-0.15, -0.1) is 0 Å². The van der Waals surface area contributed by atoms with Crippen molar-refractivity contribution in [3.05, 3.63) is 18.0 Å². The van der Waals surface area contributed by atoms with Gasteiger partial charge in [0.25, 0.3) is 0 Å². The Hall–Kier alpha value is -0.810. The molecule has 0 aliphatic carbocycles. The van der Waals surface area contributed by atoms with Gasteiger partial charge >= 0.3 is 0 Å². The Balaban J connectivity index is 2.15. The first-order valence-electron chi connectivity index (χ1n) is 6.08. The summed E-state index contributed by atoms with van der Waals surface area (Å²) in [6, 6.07) is 1.85. The molecular formula is C12H19N3OS. The van der Waals surface area contributed by atoms with Crippen molar-refractivity contribution < 1.29 is 4.79 Å². The van der Waals surface area contributed by atoms with Crippen molar-refractivity contribution in [2.45, 2.75) is 25.9 Å². The zero-order valence-corrected chi connectivity index (χ0v) is 11.2. The number of ketones is 1. The molecule has 1 fully saturated rings. The van der Waals surface area contributed by atoms with Gasteiger partial charge in [0.1, 0.15) is 5.69 Å². The molecule has 0 radical (unpaired) electrons. The second-order valence-electron chi connectivity index (χ2n) is 4.38. The van der Waals surface area contributed by atoms with Crippen LogP contribution in [-0.2, 0) is 6.54 Å². The van der Waals surface area contributed by atoms with Gasteiger partial charge in [0.05, 0.1) is 6.04 Å². The molecule has 2 rings (SSSR count). The maximum absolute atomic E-state index is 12.5. The molecule has 0 saturated carbocycles. The van der Waals surface area contributed by atoms with Gasteiger partial charge in [-0.05, 0) is 19.5 Å². The minimum Gasteiger partial charge on any atom is -0.295 e. The Morgan fingerprint density at radius 1 is 1.65 bits per heavy atom. The highest BCUT2D eigenvalue weighted by atomic mass is 32.2. The zero-order chi connectivity index (χ0) is 12.3. The first-order valence-corrected chi connectivity index (χ1v) is 7.23. The SMILES string of the molecule is CCCn1nccc1C(=O)C1CSCCN1C. The molecule has 1 aliphatic rings. The number of rotatable bonds is 4. The van der Waals surface area contributed by atoms with Crippen LogP contribution in [0.5, 0.6) is 0 Å². The van der Waals surface area contributed by atoms with Gasteiger partial charge in [-0.1, -0.05) is 6.92 Å². The molecule has 0 N–H and O–H groups in total. The molecule has 1 aromatic rings. The number of Topliss-reactive ketones (excluding diaryl/α,β-unsaturated/α-hetero) is 1. The monoisotopic (exact) mass is 253 g/mol. The molecule has 5 heteroatoms. The lowest BCUT2D eigenvalue weighted by Gasteiger charge is -2.30. The summed E-state index contributed by atoms with van der Waals surface area (Å²) < 4.78 is 1.83.